The Labute approximate surface area is 83.9 Å². The minimum Gasteiger partial charge on any atom is -0.305 e. The van der Waals surface area contributed by atoms with Crippen LogP contribution in [0.1, 0.15) is 12.8 Å². The molecular formula is C10H14N2S. The molecule has 70 valence electrons. The first kappa shape index (κ1) is 10.4. The van der Waals surface area contributed by atoms with Gasteiger partial charge in [-0.3, -0.25) is 0 Å². The zero-order chi connectivity index (χ0) is 9.68. The van der Waals surface area contributed by atoms with E-state index in [0.29, 0.717) is 0 Å². The Balaban J connectivity index is 2.50. The maximum absolute atomic E-state index is 8.47. The van der Waals surface area contributed by atoms with Crippen LogP contribution in [0.5, 0.6) is 0 Å². The summed E-state index contributed by atoms with van der Waals surface area (Å²) in [6, 6.07) is 0. The summed E-state index contributed by atoms with van der Waals surface area (Å²) in [6.07, 6.45) is 6.33. The average molecular weight is 194 g/mol. The lowest BCUT2D eigenvalue weighted by Crippen LogP contribution is -2.15. The highest BCUT2D eigenvalue weighted by atomic mass is 32.2. The van der Waals surface area contributed by atoms with Gasteiger partial charge in [0.2, 0.25) is 0 Å². The molecule has 0 amide bonds. The summed E-state index contributed by atoms with van der Waals surface area (Å²) in [7, 11) is 4.15. The van der Waals surface area contributed by atoms with Crippen molar-refractivity contribution in [2.75, 3.05) is 20.6 Å². The highest BCUT2D eigenvalue weighted by Gasteiger charge is 2.07. The first-order valence-electron chi connectivity index (χ1n) is 4.31. The second-order valence-electron chi connectivity index (χ2n) is 3.39. The van der Waals surface area contributed by atoms with Gasteiger partial charge in [0.1, 0.15) is 5.40 Å². The molecule has 0 radical (unpaired) electrons. The summed E-state index contributed by atoms with van der Waals surface area (Å²) in [5.41, 5.74) is 1.45. The summed E-state index contributed by atoms with van der Waals surface area (Å²) >= 11 is 1.28. The molecule has 13 heavy (non-hydrogen) atoms. The van der Waals surface area contributed by atoms with Crippen LogP contribution in [-0.4, -0.2) is 25.5 Å². The van der Waals surface area contributed by atoms with E-state index < -0.39 is 0 Å². The Morgan fingerprint density at radius 1 is 1.46 bits per heavy atom. The van der Waals surface area contributed by atoms with E-state index in [1.165, 1.54) is 22.2 Å². The maximum atomic E-state index is 8.47. The summed E-state index contributed by atoms with van der Waals surface area (Å²) in [6.45, 7) is 1.03. The van der Waals surface area contributed by atoms with E-state index >= 15 is 0 Å². The third-order valence-corrected chi connectivity index (χ3v) is 2.59. The normalized spacial score (nSPS) is 16.5. The van der Waals surface area contributed by atoms with Gasteiger partial charge in [-0.2, -0.15) is 5.26 Å². The van der Waals surface area contributed by atoms with Crippen LogP contribution in [-0.2, 0) is 0 Å². The molecule has 1 rings (SSSR count). The summed E-state index contributed by atoms with van der Waals surface area (Å²) in [4.78, 5) is 3.35. The zero-order valence-corrected chi connectivity index (χ0v) is 8.90. The average Bonchev–Trinajstić information content (AvgIpc) is 2.08. The van der Waals surface area contributed by atoms with E-state index in [1.807, 2.05) is 0 Å². The molecule has 0 N–H and O–H groups in total. The van der Waals surface area contributed by atoms with Crippen molar-refractivity contribution in [3.8, 4) is 5.40 Å². The molecule has 0 aliphatic heterocycles. The van der Waals surface area contributed by atoms with Gasteiger partial charge in [-0.1, -0.05) is 17.7 Å². The third-order valence-electron chi connectivity index (χ3n) is 1.89. The molecule has 0 saturated heterocycles. The van der Waals surface area contributed by atoms with Crippen LogP contribution in [0.4, 0.5) is 0 Å². The molecule has 0 aromatic heterocycles. The van der Waals surface area contributed by atoms with E-state index in [0.717, 1.165) is 19.4 Å². The Hall–Kier alpha value is -0.720. The number of hydrogen-bond acceptors (Lipinski definition) is 3. The van der Waals surface area contributed by atoms with Crippen molar-refractivity contribution in [3.05, 3.63) is 22.6 Å². The lowest BCUT2D eigenvalue weighted by atomic mass is 10.0. The van der Waals surface area contributed by atoms with Crippen LogP contribution in [0.3, 0.4) is 0 Å². The standard InChI is InChI=1S/C10H14N2S/c1-12(2)7-9-3-5-10(6-4-9)13-8-11/h3,5H,4,6-7H2,1-2H3. The van der Waals surface area contributed by atoms with Gasteiger partial charge >= 0.3 is 0 Å². The number of allylic oxidation sites excluding steroid dienone is 3. The fraction of sp³-hybridized carbons (Fsp3) is 0.500. The van der Waals surface area contributed by atoms with Crippen LogP contribution in [0.25, 0.3) is 0 Å². The van der Waals surface area contributed by atoms with Crippen molar-refractivity contribution in [3.63, 3.8) is 0 Å². The molecule has 1 aliphatic carbocycles. The van der Waals surface area contributed by atoms with Crippen molar-refractivity contribution in [2.45, 2.75) is 12.8 Å². The predicted molar refractivity (Wildman–Crippen MR) is 57.2 cm³/mol. The molecule has 0 saturated carbocycles. The fourth-order valence-electron chi connectivity index (χ4n) is 1.34. The molecule has 2 nitrogen and oxygen atoms in total. The van der Waals surface area contributed by atoms with Crippen LogP contribution in [0.15, 0.2) is 22.6 Å². The number of thioether (sulfide) groups is 1. The quantitative estimate of drug-likeness (QED) is 0.645. The number of nitrogens with zero attached hydrogens (tertiary/aromatic N) is 2. The van der Waals surface area contributed by atoms with E-state index in [2.05, 4.69) is 36.5 Å². The van der Waals surface area contributed by atoms with Gasteiger partial charge in [-0.15, -0.1) is 0 Å². The maximum Gasteiger partial charge on any atom is 0.138 e. The topological polar surface area (TPSA) is 27.0 Å². The van der Waals surface area contributed by atoms with Crippen molar-refractivity contribution < 1.29 is 0 Å². The molecule has 0 spiro atoms. The minimum absolute atomic E-state index is 1.03. The van der Waals surface area contributed by atoms with Gasteiger partial charge in [0.05, 0.1) is 0 Å². The first-order valence-corrected chi connectivity index (χ1v) is 5.13. The Kier molecular flexibility index (Phi) is 4.07. The molecule has 0 heterocycles. The highest BCUT2D eigenvalue weighted by Crippen LogP contribution is 2.26. The van der Waals surface area contributed by atoms with Gasteiger partial charge in [0.25, 0.3) is 0 Å². The highest BCUT2D eigenvalue weighted by molar-refractivity contribution is 8.07. The van der Waals surface area contributed by atoms with Crippen LogP contribution in [0, 0.1) is 10.7 Å². The van der Waals surface area contributed by atoms with Gasteiger partial charge in [0.15, 0.2) is 0 Å². The summed E-state index contributed by atoms with van der Waals surface area (Å²) < 4.78 is 0. The second kappa shape index (κ2) is 5.11. The number of thiocyanates is 1. The number of likely N-dealkylation sites (N-methyl/N-ethyl adjacent to an activating group) is 1. The van der Waals surface area contributed by atoms with E-state index in [-0.39, 0.29) is 0 Å². The summed E-state index contributed by atoms with van der Waals surface area (Å²) in [5.74, 6) is 0. The number of nitriles is 1. The predicted octanol–water partition coefficient (Wildman–Crippen LogP) is 2.37. The second-order valence-corrected chi connectivity index (χ2v) is 4.30. The van der Waals surface area contributed by atoms with Crippen molar-refractivity contribution in [2.24, 2.45) is 0 Å². The molecule has 0 bridgehead atoms. The largest absolute Gasteiger partial charge is 0.305 e. The lowest BCUT2D eigenvalue weighted by Gasteiger charge is -2.16. The van der Waals surface area contributed by atoms with Gasteiger partial charge in [-0.25, -0.2) is 0 Å². The SMILES string of the molecule is CN(C)CC1=CC=C(SC#N)CC1. The Bertz CT molecular complexity index is 271. The van der Waals surface area contributed by atoms with Crippen LogP contribution >= 0.6 is 11.8 Å². The first-order chi connectivity index (χ1) is 6.22. The number of rotatable bonds is 3. The smallest absolute Gasteiger partial charge is 0.138 e. The monoisotopic (exact) mass is 194 g/mol. The minimum atomic E-state index is 1.03. The summed E-state index contributed by atoms with van der Waals surface area (Å²) in [5, 5.41) is 10.6. The van der Waals surface area contributed by atoms with Crippen LogP contribution in [0.2, 0.25) is 0 Å². The molecule has 0 aromatic rings. The van der Waals surface area contributed by atoms with E-state index in [1.54, 1.807) is 0 Å². The molecule has 0 fully saturated rings. The molecule has 1 aliphatic rings. The fourth-order valence-corrected chi connectivity index (χ4v) is 1.80. The van der Waals surface area contributed by atoms with Gasteiger partial charge < -0.3 is 4.90 Å². The molecule has 0 atom stereocenters. The third kappa shape index (κ3) is 3.67. The van der Waals surface area contributed by atoms with Crippen molar-refractivity contribution in [1.82, 2.24) is 4.90 Å². The number of hydrogen-bond donors (Lipinski definition) is 0. The molecule has 0 aromatic carbocycles. The van der Waals surface area contributed by atoms with Crippen molar-refractivity contribution in [1.29, 1.82) is 5.26 Å². The van der Waals surface area contributed by atoms with E-state index in [9.17, 15) is 0 Å². The Morgan fingerprint density at radius 2 is 2.23 bits per heavy atom. The van der Waals surface area contributed by atoms with Gasteiger partial charge in [0, 0.05) is 11.4 Å². The van der Waals surface area contributed by atoms with Gasteiger partial charge in [-0.05, 0) is 38.7 Å². The van der Waals surface area contributed by atoms with Crippen LogP contribution < -0.4 is 0 Å². The van der Waals surface area contributed by atoms with E-state index in [4.69, 9.17) is 5.26 Å². The molecular weight excluding hydrogens is 180 g/mol. The zero-order valence-electron chi connectivity index (χ0n) is 8.08. The molecule has 3 heteroatoms. The molecule has 0 unspecified atom stereocenters. The lowest BCUT2D eigenvalue weighted by molar-refractivity contribution is 0.439. The van der Waals surface area contributed by atoms with Crippen molar-refractivity contribution >= 4 is 11.8 Å². The Morgan fingerprint density at radius 3 is 2.69 bits per heavy atom.